The molecule has 0 radical (unpaired) electrons. The summed E-state index contributed by atoms with van der Waals surface area (Å²) in [5.41, 5.74) is 0.325. The van der Waals surface area contributed by atoms with Crippen LogP contribution in [0.25, 0.3) is 0 Å². The molecule has 1 aromatic rings. The molecule has 124 valence electrons. The Morgan fingerprint density at radius 1 is 1.30 bits per heavy atom. The number of amides is 1. The fraction of sp³-hybridized carbons (Fsp3) is 0.529. The first-order valence-corrected chi connectivity index (χ1v) is 7.69. The average Bonchev–Trinajstić information content (AvgIpc) is 2.97. The van der Waals surface area contributed by atoms with Crippen molar-refractivity contribution in [1.82, 2.24) is 4.90 Å². The molecule has 6 nitrogen and oxygen atoms in total. The van der Waals surface area contributed by atoms with E-state index in [1.54, 1.807) is 12.0 Å². The number of benzene rings is 1. The molecular weight excluding hydrogens is 298 g/mol. The van der Waals surface area contributed by atoms with Crippen molar-refractivity contribution in [2.45, 2.75) is 12.8 Å². The Hall–Kier alpha value is -2.08. The average molecular weight is 319 g/mol. The number of rotatable bonds is 4. The highest BCUT2D eigenvalue weighted by molar-refractivity contribution is 5.85. The van der Waals surface area contributed by atoms with Crippen LogP contribution in [0.5, 0.6) is 5.75 Å². The Kier molecular flexibility index (Phi) is 4.02. The van der Waals surface area contributed by atoms with E-state index < -0.39 is 17.3 Å². The van der Waals surface area contributed by atoms with Gasteiger partial charge in [-0.15, -0.1) is 0 Å². The second-order valence-corrected chi connectivity index (χ2v) is 6.56. The van der Waals surface area contributed by atoms with Crippen LogP contribution >= 0.6 is 0 Å². The van der Waals surface area contributed by atoms with E-state index >= 15 is 0 Å². The highest BCUT2D eigenvalue weighted by Gasteiger charge is 2.49. The summed E-state index contributed by atoms with van der Waals surface area (Å²) in [6.07, 6.45) is 0. The van der Waals surface area contributed by atoms with E-state index in [0.717, 1.165) is 5.56 Å². The molecule has 2 aliphatic heterocycles. The molecular formula is C17H21NO5. The van der Waals surface area contributed by atoms with Gasteiger partial charge in [0.15, 0.2) is 0 Å². The summed E-state index contributed by atoms with van der Waals surface area (Å²) in [6, 6.07) is 7.41. The van der Waals surface area contributed by atoms with Crippen LogP contribution in [0, 0.1) is 11.3 Å². The molecule has 1 amide bonds. The standard InChI is InChI=1S/C17H21NO5/c1-17(9-23-10-17)16(21)18-7-12(13(8-18)15(19)20)11-5-3-4-6-14(11)22-2/h3-6,12-13H,7-10H2,1-2H3,(H,19,20). The van der Waals surface area contributed by atoms with E-state index in [2.05, 4.69) is 0 Å². The van der Waals surface area contributed by atoms with Gasteiger partial charge < -0.3 is 19.5 Å². The van der Waals surface area contributed by atoms with Crippen LogP contribution in [0.4, 0.5) is 0 Å². The molecule has 2 aliphatic rings. The predicted octanol–water partition coefficient (Wildman–Crippen LogP) is 1.36. The van der Waals surface area contributed by atoms with Crippen molar-refractivity contribution in [2.24, 2.45) is 11.3 Å². The number of hydrogen-bond donors (Lipinski definition) is 1. The molecule has 0 bridgehead atoms. The number of nitrogens with zero attached hydrogens (tertiary/aromatic N) is 1. The Bertz CT molecular complexity index is 625. The monoisotopic (exact) mass is 319 g/mol. The van der Waals surface area contributed by atoms with Crippen LogP contribution in [0.15, 0.2) is 24.3 Å². The van der Waals surface area contributed by atoms with Crippen molar-refractivity contribution in [3.8, 4) is 5.75 Å². The van der Waals surface area contributed by atoms with Gasteiger partial charge in [-0.2, -0.15) is 0 Å². The maximum Gasteiger partial charge on any atom is 0.308 e. The molecule has 2 atom stereocenters. The zero-order chi connectivity index (χ0) is 16.6. The fourth-order valence-electron chi connectivity index (χ4n) is 3.42. The zero-order valence-corrected chi connectivity index (χ0v) is 13.3. The van der Waals surface area contributed by atoms with E-state index in [0.29, 0.717) is 25.5 Å². The summed E-state index contributed by atoms with van der Waals surface area (Å²) in [5, 5.41) is 9.58. The van der Waals surface area contributed by atoms with E-state index in [1.165, 1.54) is 0 Å². The van der Waals surface area contributed by atoms with Crippen LogP contribution in [-0.4, -0.2) is 55.3 Å². The molecule has 1 aromatic carbocycles. The molecule has 2 heterocycles. The van der Waals surface area contributed by atoms with Gasteiger partial charge in [-0.25, -0.2) is 0 Å². The summed E-state index contributed by atoms with van der Waals surface area (Å²) in [4.78, 5) is 26.0. The summed E-state index contributed by atoms with van der Waals surface area (Å²) in [5.74, 6) is -1.13. The van der Waals surface area contributed by atoms with Crippen LogP contribution in [0.1, 0.15) is 18.4 Å². The van der Waals surface area contributed by atoms with Gasteiger partial charge in [-0.05, 0) is 18.6 Å². The highest BCUT2D eigenvalue weighted by atomic mass is 16.5. The van der Waals surface area contributed by atoms with Gasteiger partial charge in [0.2, 0.25) is 5.91 Å². The number of aliphatic carboxylic acids is 1. The quantitative estimate of drug-likeness (QED) is 0.907. The molecule has 6 heteroatoms. The molecule has 2 fully saturated rings. The van der Waals surface area contributed by atoms with Crippen molar-refractivity contribution < 1.29 is 24.2 Å². The van der Waals surface area contributed by atoms with Gasteiger partial charge in [0, 0.05) is 19.0 Å². The van der Waals surface area contributed by atoms with E-state index in [-0.39, 0.29) is 18.4 Å². The lowest BCUT2D eigenvalue weighted by atomic mass is 9.87. The maximum atomic E-state index is 12.7. The van der Waals surface area contributed by atoms with E-state index in [1.807, 2.05) is 31.2 Å². The SMILES string of the molecule is COc1ccccc1C1CN(C(=O)C2(C)COC2)CC1C(=O)O. The Morgan fingerprint density at radius 2 is 2.00 bits per heavy atom. The molecule has 1 N–H and O–H groups in total. The molecule has 3 rings (SSSR count). The number of methoxy groups -OCH3 is 1. The Morgan fingerprint density at radius 3 is 2.57 bits per heavy atom. The number of carbonyl (C=O) groups is 2. The number of ether oxygens (including phenoxy) is 2. The van der Waals surface area contributed by atoms with Crippen molar-refractivity contribution in [1.29, 1.82) is 0 Å². The first-order valence-electron chi connectivity index (χ1n) is 7.69. The largest absolute Gasteiger partial charge is 0.496 e. The lowest BCUT2D eigenvalue weighted by Crippen LogP contribution is -2.53. The van der Waals surface area contributed by atoms with Crippen LogP contribution in [0.2, 0.25) is 0 Å². The van der Waals surface area contributed by atoms with Crippen LogP contribution in [-0.2, 0) is 14.3 Å². The lowest BCUT2D eigenvalue weighted by Gasteiger charge is -2.39. The van der Waals surface area contributed by atoms with E-state index in [4.69, 9.17) is 9.47 Å². The molecule has 2 saturated heterocycles. The van der Waals surface area contributed by atoms with Gasteiger partial charge in [0.25, 0.3) is 0 Å². The minimum absolute atomic E-state index is 0.0209. The normalized spacial score (nSPS) is 25.7. The summed E-state index contributed by atoms with van der Waals surface area (Å²) >= 11 is 0. The number of carbonyl (C=O) groups excluding carboxylic acids is 1. The van der Waals surface area contributed by atoms with Gasteiger partial charge in [0.05, 0.1) is 31.7 Å². The smallest absolute Gasteiger partial charge is 0.308 e. The predicted molar refractivity (Wildman–Crippen MR) is 82.4 cm³/mol. The number of likely N-dealkylation sites (tertiary alicyclic amines) is 1. The second kappa shape index (κ2) is 5.85. The highest BCUT2D eigenvalue weighted by Crippen LogP contribution is 2.40. The van der Waals surface area contributed by atoms with Crippen molar-refractivity contribution in [3.63, 3.8) is 0 Å². The third kappa shape index (κ3) is 2.67. The zero-order valence-electron chi connectivity index (χ0n) is 13.3. The third-order valence-corrected chi connectivity index (χ3v) is 4.82. The molecule has 0 spiro atoms. The van der Waals surface area contributed by atoms with Crippen molar-refractivity contribution in [3.05, 3.63) is 29.8 Å². The third-order valence-electron chi connectivity index (χ3n) is 4.82. The number of hydrogen-bond acceptors (Lipinski definition) is 4. The fourth-order valence-corrected chi connectivity index (χ4v) is 3.42. The van der Waals surface area contributed by atoms with Crippen LogP contribution < -0.4 is 4.74 Å². The molecule has 2 unspecified atom stereocenters. The van der Waals surface area contributed by atoms with Gasteiger partial charge in [-0.1, -0.05) is 18.2 Å². The summed E-state index contributed by atoms with van der Waals surface area (Å²) in [6.45, 7) is 3.29. The van der Waals surface area contributed by atoms with Crippen LogP contribution in [0.3, 0.4) is 0 Å². The molecule has 0 aliphatic carbocycles. The lowest BCUT2D eigenvalue weighted by molar-refractivity contribution is -0.167. The Balaban J connectivity index is 1.87. The maximum absolute atomic E-state index is 12.7. The van der Waals surface area contributed by atoms with Crippen molar-refractivity contribution in [2.75, 3.05) is 33.4 Å². The first-order chi connectivity index (χ1) is 11.0. The number of carboxylic acid groups (broad SMARTS) is 1. The molecule has 0 aromatic heterocycles. The topological polar surface area (TPSA) is 76.1 Å². The van der Waals surface area contributed by atoms with Crippen molar-refractivity contribution >= 4 is 11.9 Å². The summed E-state index contributed by atoms with van der Waals surface area (Å²) in [7, 11) is 1.57. The second-order valence-electron chi connectivity index (χ2n) is 6.56. The Labute approximate surface area is 135 Å². The van der Waals surface area contributed by atoms with E-state index in [9.17, 15) is 14.7 Å². The minimum Gasteiger partial charge on any atom is -0.496 e. The summed E-state index contributed by atoms with van der Waals surface area (Å²) < 4.78 is 10.5. The number of carboxylic acids is 1. The van der Waals surface area contributed by atoms with Gasteiger partial charge >= 0.3 is 5.97 Å². The first kappa shape index (κ1) is 15.8. The van der Waals surface area contributed by atoms with Gasteiger partial charge in [0.1, 0.15) is 5.75 Å². The molecule has 23 heavy (non-hydrogen) atoms. The van der Waals surface area contributed by atoms with Gasteiger partial charge in [-0.3, -0.25) is 9.59 Å². The molecule has 0 saturated carbocycles. The minimum atomic E-state index is -0.883. The number of para-hydroxylation sites is 1.